The number of hydrogen-bond acceptors (Lipinski definition) is 5. The molecule has 98 valence electrons. The first-order valence-corrected chi connectivity index (χ1v) is 5.18. The fourth-order valence-electron chi connectivity index (χ4n) is 1.28. The normalized spacial score (nSPS) is 11.5. The van der Waals surface area contributed by atoms with E-state index in [1.807, 2.05) is 5.43 Å². The van der Waals surface area contributed by atoms with Crippen LogP contribution in [0, 0.1) is 0 Å². The van der Waals surface area contributed by atoms with Crippen LogP contribution in [-0.4, -0.2) is 36.7 Å². The average molecular weight is 253 g/mol. The summed E-state index contributed by atoms with van der Waals surface area (Å²) in [5.41, 5.74) is 2.20. The van der Waals surface area contributed by atoms with Crippen LogP contribution in [0.25, 0.3) is 0 Å². The molecular weight excluding hydrogens is 238 g/mol. The summed E-state index contributed by atoms with van der Waals surface area (Å²) in [4.78, 5) is 22.9. The molecule has 0 spiro atoms. The molecule has 2 amide bonds. The quantitative estimate of drug-likeness (QED) is 0.298. The molecule has 1 aromatic carbocycles. The van der Waals surface area contributed by atoms with Crippen LogP contribution >= 0.6 is 0 Å². The van der Waals surface area contributed by atoms with Gasteiger partial charge in [0.15, 0.2) is 0 Å². The summed E-state index contributed by atoms with van der Waals surface area (Å²) >= 11 is 0. The number of aliphatic hydroxyl groups is 1. The van der Waals surface area contributed by atoms with Crippen LogP contribution < -0.4 is 21.3 Å². The fourth-order valence-corrected chi connectivity index (χ4v) is 1.28. The Morgan fingerprint density at radius 1 is 1.39 bits per heavy atom. The maximum atomic E-state index is 11.8. The number of carbonyl (C=O) groups is 2. The summed E-state index contributed by atoms with van der Waals surface area (Å²) in [5, 5.41) is 11.3. The van der Waals surface area contributed by atoms with Crippen molar-refractivity contribution in [3.8, 4) is 5.75 Å². The van der Waals surface area contributed by atoms with Crippen LogP contribution in [0.15, 0.2) is 24.3 Å². The monoisotopic (exact) mass is 253 g/mol. The molecule has 0 bridgehead atoms. The maximum absolute atomic E-state index is 11.8. The van der Waals surface area contributed by atoms with Crippen LogP contribution in [0.4, 0.5) is 0 Å². The summed E-state index contributed by atoms with van der Waals surface area (Å²) in [6.07, 6.45) is 0. The zero-order chi connectivity index (χ0) is 13.5. The van der Waals surface area contributed by atoms with Gasteiger partial charge >= 0.3 is 0 Å². The number of amides is 2. The van der Waals surface area contributed by atoms with Gasteiger partial charge in [0.1, 0.15) is 11.8 Å². The highest BCUT2D eigenvalue weighted by molar-refractivity contribution is 5.97. The lowest BCUT2D eigenvalue weighted by Gasteiger charge is -2.14. The topological polar surface area (TPSA) is 114 Å². The van der Waals surface area contributed by atoms with Crippen molar-refractivity contribution in [2.45, 2.75) is 6.04 Å². The summed E-state index contributed by atoms with van der Waals surface area (Å²) < 4.78 is 4.95. The van der Waals surface area contributed by atoms with Gasteiger partial charge in [0.2, 0.25) is 0 Å². The Morgan fingerprint density at radius 3 is 2.44 bits per heavy atom. The van der Waals surface area contributed by atoms with E-state index in [9.17, 15) is 9.59 Å². The number of aliphatic hydroxyl groups excluding tert-OH is 1. The molecule has 0 aliphatic rings. The van der Waals surface area contributed by atoms with Gasteiger partial charge in [-0.1, -0.05) is 0 Å². The van der Waals surface area contributed by atoms with E-state index in [4.69, 9.17) is 15.7 Å². The minimum absolute atomic E-state index is 0.346. The predicted octanol–water partition coefficient (Wildman–Crippen LogP) is -1.22. The van der Waals surface area contributed by atoms with Crippen LogP contribution in [-0.2, 0) is 4.79 Å². The van der Waals surface area contributed by atoms with Crippen LogP contribution in [0.1, 0.15) is 10.4 Å². The Kier molecular flexibility index (Phi) is 5.09. The number of nitrogens with one attached hydrogen (secondary N) is 2. The zero-order valence-corrected chi connectivity index (χ0v) is 9.84. The average Bonchev–Trinajstić information content (AvgIpc) is 2.43. The highest BCUT2D eigenvalue weighted by Crippen LogP contribution is 2.11. The molecule has 0 fully saturated rings. The van der Waals surface area contributed by atoms with Crippen LogP contribution in [0.3, 0.4) is 0 Å². The summed E-state index contributed by atoms with van der Waals surface area (Å²) in [6, 6.07) is 5.24. The third-order valence-electron chi connectivity index (χ3n) is 2.30. The fraction of sp³-hybridized carbons (Fsp3) is 0.273. The van der Waals surface area contributed by atoms with E-state index < -0.39 is 24.5 Å². The van der Waals surface area contributed by atoms with Gasteiger partial charge in [-0.25, -0.2) is 5.84 Å². The third-order valence-corrected chi connectivity index (χ3v) is 2.30. The van der Waals surface area contributed by atoms with E-state index in [1.54, 1.807) is 24.3 Å². The first kappa shape index (κ1) is 13.9. The molecule has 18 heavy (non-hydrogen) atoms. The molecule has 1 rings (SSSR count). The second kappa shape index (κ2) is 6.58. The van der Waals surface area contributed by atoms with Crippen LogP contribution in [0.2, 0.25) is 0 Å². The second-order valence-electron chi connectivity index (χ2n) is 3.45. The highest BCUT2D eigenvalue weighted by atomic mass is 16.5. The smallest absolute Gasteiger partial charge is 0.258 e. The van der Waals surface area contributed by atoms with Gasteiger partial charge in [-0.2, -0.15) is 0 Å². The molecule has 0 radical (unpaired) electrons. The van der Waals surface area contributed by atoms with Gasteiger partial charge in [0, 0.05) is 5.56 Å². The minimum Gasteiger partial charge on any atom is -0.497 e. The lowest BCUT2D eigenvalue weighted by Crippen LogP contribution is -2.50. The van der Waals surface area contributed by atoms with Crippen molar-refractivity contribution in [2.24, 2.45) is 5.84 Å². The van der Waals surface area contributed by atoms with Crippen molar-refractivity contribution >= 4 is 11.8 Å². The molecule has 1 aromatic rings. The van der Waals surface area contributed by atoms with Crippen molar-refractivity contribution in [1.82, 2.24) is 10.7 Å². The van der Waals surface area contributed by atoms with E-state index in [2.05, 4.69) is 5.32 Å². The number of nitrogens with two attached hydrogens (primary N) is 1. The molecule has 0 aromatic heterocycles. The highest BCUT2D eigenvalue weighted by Gasteiger charge is 2.19. The Hall–Kier alpha value is -2.12. The molecule has 0 aliphatic carbocycles. The number of ether oxygens (including phenoxy) is 1. The molecule has 0 unspecified atom stereocenters. The molecule has 0 saturated carbocycles. The summed E-state index contributed by atoms with van der Waals surface area (Å²) in [5.74, 6) is 4.38. The maximum Gasteiger partial charge on any atom is 0.258 e. The lowest BCUT2D eigenvalue weighted by molar-refractivity contribution is -0.123. The molecule has 0 heterocycles. The third kappa shape index (κ3) is 3.44. The first-order chi connectivity index (χ1) is 8.62. The number of rotatable bonds is 5. The van der Waals surface area contributed by atoms with Gasteiger partial charge in [-0.3, -0.25) is 15.0 Å². The largest absolute Gasteiger partial charge is 0.497 e. The SMILES string of the molecule is COc1ccc(C(=O)N[C@@H](CO)C(=O)NN)cc1. The summed E-state index contributed by atoms with van der Waals surface area (Å²) in [6.45, 7) is -0.537. The standard InChI is InChI=1S/C11H15N3O4/c1-18-8-4-2-7(3-5-8)10(16)13-9(6-15)11(17)14-12/h2-5,9,15H,6,12H2,1H3,(H,13,16)(H,14,17)/t9-/m0/s1. The van der Waals surface area contributed by atoms with E-state index >= 15 is 0 Å². The van der Waals surface area contributed by atoms with Crippen molar-refractivity contribution in [1.29, 1.82) is 0 Å². The molecule has 7 nitrogen and oxygen atoms in total. The van der Waals surface area contributed by atoms with Crippen LogP contribution in [0.5, 0.6) is 5.75 Å². The summed E-state index contributed by atoms with van der Waals surface area (Å²) in [7, 11) is 1.52. The van der Waals surface area contributed by atoms with Gasteiger partial charge < -0.3 is 15.2 Å². The number of benzene rings is 1. The molecule has 0 aliphatic heterocycles. The molecule has 1 atom stereocenters. The Labute approximate surface area is 104 Å². The Balaban J connectivity index is 2.71. The molecule has 5 N–H and O–H groups in total. The van der Waals surface area contributed by atoms with Gasteiger partial charge in [-0.05, 0) is 24.3 Å². The minimum atomic E-state index is -1.08. The number of methoxy groups -OCH3 is 1. The van der Waals surface area contributed by atoms with E-state index in [0.29, 0.717) is 11.3 Å². The Morgan fingerprint density at radius 2 is 2.00 bits per heavy atom. The lowest BCUT2D eigenvalue weighted by atomic mass is 10.2. The van der Waals surface area contributed by atoms with E-state index in [-0.39, 0.29) is 0 Å². The van der Waals surface area contributed by atoms with Crippen molar-refractivity contribution < 1.29 is 19.4 Å². The molecule has 7 heteroatoms. The van der Waals surface area contributed by atoms with E-state index in [1.165, 1.54) is 7.11 Å². The molecule has 0 saturated heterocycles. The van der Waals surface area contributed by atoms with Crippen molar-refractivity contribution in [3.05, 3.63) is 29.8 Å². The van der Waals surface area contributed by atoms with Gasteiger partial charge in [0.25, 0.3) is 11.8 Å². The van der Waals surface area contributed by atoms with Gasteiger partial charge in [-0.15, -0.1) is 0 Å². The number of hydrazine groups is 1. The van der Waals surface area contributed by atoms with Crippen molar-refractivity contribution in [2.75, 3.05) is 13.7 Å². The number of hydrogen-bond donors (Lipinski definition) is 4. The van der Waals surface area contributed by atoms with Gasteiger partial charge in [0.05, 0.1) is 13.7 Å². The zero-order valence-electron chi connectivity index (χ0n) is 9.84. The number of carbonyl (C=O) groups excluding carboxylic acids is 2. The Bertz CT molecular complexity index is 419. The predicted molar refractivity (Wildman–Crippen MR) is 63.7 cm³/mol. The first-order valence-electron chi connectivity index (χ1n) is 5.18. The van der Waals surface area contributed by atoms with E-state index in [0.717, 1.165) is 0 Å². The van der Waals surface area contributed by atoms with Crippen molar-refractivity contribution in [3.63, 3.8) is 0 Å². The second-order valence-corrected chi connectivity index (χ2v) is 3.45. The molecular formula is C11H15N3O4.